The maximum absolute atomic E-state index is 13.4. The van der Waals surface area contributed by atoms with Crippen molar-refractivity contribution in [3.8, 4) is 0 Å². The number of carbonyl (C=O) groups is 2. The van der Waals surface area contributed by atoms with E-state index in [1.807, 2.05) is 0 Å². The van der Waals surface area contributed by atoms with E-state index in [2.05, 4.69) is 5.32 Å². The first-order valence-electron chi connectivity index (χ1n) is 6.00. The van der Waals surface area contributed by atoms with Gasteiger partial charge in [0, 0.05) is 6.04 Å². The van der Waals surface area contributed by atoms with E-state index in [0.29, 0.717) is 12.0 Å². The molecule has 2 atom stereocenters. The molecule has 0 radical (unpaired) electrons. The second-order valence-corrected chi connectivity index (χ2v) is 4.51. The molecular formula is C14H14FNO3. The van der Waals surface area contributed by atoms with Crippen LogP contribution in [0.25, 0.3) is 0 Å². The minimum Gasteiger partial charge on any atom is -0.481 e. The summed E-state index contributed by atoms with van der Waals surface area (Å²) in [6.07, 6.45) is 3.53. The third kappa shape index (κ3) is 3.40. The Morgan fingerprint density at radius 1 is 1.32 bits per heavy atom. The first kappa shape index (κ1) is 13.3. The smallest absolute Gasteiger partial charge is 0.310 e. The molecule has 1 aromatic carbocycles. The van der Waals surface area contributed by atoms with Crippen LogP contribution in [0.1, 0.15) is 12.0 Å². The van der Waals surface area contributed by atoms with E-state index < -0.39 is 17.7 Å². The van der Waals surface area contributed by atoms with Crippen molar-refractivity contribution in [2.75, 3.05) is 0 Å². The predicted molar refractivity (Wildman–Crippen MR) is 66.9 cm³/mol. The number of hydrogen-bond acceptors (Lipinski definition) is 2. The topological polar surface area (TPSA) is 66.4 Å². The molecule has 2 N–H and O–H groups in total. The van der Waals surface area contributed by atoms with Crippen LogP contribution in [0, 0.1) is 11.7 Å². The van der Waals surface area contributed by atoms with Crippen LogP contribution >= 0.6 is 0 Å². The Balaban J connectivity index is 1.88. The molecule has 0 spiro atoms. The van der Waals surface area contributed by atoms with Crippen LogP contribution in [0.4, 0.5) is 4.39 Å². The van der Waals surface area contributed by atoms with E-state index in [0.717, 1.165) is 0 Å². The van der Waals surface area contributed by atoms with Gasteiger partial charge in [-0.2, -0.15) is 0 Å². The van der Waals surface area contributed by atoms with Crippen molar-refractivity contribution in [1.82, 2.24) is 5.32 Å². The van der Waals surface area contributed by atoms with Crippen molar-refractivity contribution in [3.05, 3.63) is 47.8 Å². The molecule has 0 saturated heterocycles. The quantitative estimate of drug-likeness (QED) is 0.809. The first-order valence-corrected chi connectivity index (χ1v) is 6.00. The summed E-state index contributed by atoms with van der Waals surface area (Å²) in [7, 11) is 0. The standard InChI is InChI=1S/C14H14FNO3/c15-12-4-2-1-3-9(12)8-13(17)16-11-6-5-10(7-11)14(18)19/h1-6,10-11H,7-8H2,(H,16,17)(H,18,19). The molecule has 5 heteroatoms. The van der Waals surface area contributed by atoms with E-state index in [9.17, 15) is 14.0 Å². The molecule has 19 heavy (non-hydrogen) atoms. The molecular weight excluding hydrogens is 249 g/mol. The summed E-state index contributed by atoms with van der Waals surface area (Å²) in [6.45, 7) is 0. The molecule has 0 bridgehead atoms. The molecule has 100 valence electrons. The number of benzene rings is 1. The lowest BCUT2D eigenvalue weighted by atomic mass is 10.1. The molecule has 2 unspecified atom stereocenters. The zero-order valence-corrected chi connectivity index (χ0v) is 10.2. The molecule has 1 aliphatic rings. The minimum absolute atomic E-state index is 0.0469. The lowest BCUT2D eigenvalue weighted by molar-refractivity contribution is -0.140. The number of carboxylic acids is 1. The van der Waals surface area contributed by atoms with Crippen molar-refractivity contribution in [3.63, 3.8) is 0 Å². The van der Waals surface area contributed by atoms with Crippen LogP contribution in [0.2, 0.25) is 0 Å². The van der Waals surface area contributed by atoms with Gasteiger partial charge in [0.25, 0.3) is 0 Å². The summed E-state index contributed by atoms with van der Waals surface area (Å²) in [5.41, 5.74) is 0.330. The fraction of sp³-hybridized carbons (Fsp3) is 0.286. The Morgan fingerprint density at radius 2 is 2.05 bits per heavy atom. The maximum Gasteiger partial charge on any atom is 0.310 e. The Kier molecular flexibility index (Phi) is 3.94. The van der Waals surface area contributed by atoms with Crippen LogP contribution in [-0.2, 0) is 16.0 Å². The summed E-state index contributed by atoms with van der Waals surface area (Å²) in [5, 5.41) is 11.5. The van der Waals surface area contributed by atoms with E-state index in [1.54, 1.807) is 30.4 Å². The summed E-state index contributed by atoms with van der Waals surface area (Å²) < 4.78 is 13.4. The lowest BCUT2D eigenvalue weighted by Gasteiger charge is -2.12. The molecule has 1 aliphatic carbocycles. The average molecular weight is 263 g/mol. The third-order valence-corrected chi connectivity index (χ3v) is 3.06. The van der Waals surface area contributed by atoms with Gasteiger partial charge in [-0.05, 0) is 18.1 Å². The highest BCUT2D eigenvalue weighted by molar-refractivity contribution is 5.79. The molecule has 1 aromatic rings. The number of rotatable bonds is 4. The number of halogens is 1. The second kappa shape index (κ2) is 5.65. The van der Waals surface area contributed by atoms with Crippen molar-refractivity contribution in [2.45, 2.75) is 18.9 Å². The van der Waals surface area contributed by atoms with Gasteiger partial charge < -0.3 is 10.4 Å². The molecule has 0 saturated carbocycles. The zero-order valence-electron chi connectivity index (χ0n) is 10.2. The lowest BCUT2D eigenvalue weighted by Crippen LogP contribution is -2.34. The normalized spacial score (nSPS) is 21.3. The molecule has 0 aliphatic heterocycles. The molecule has 1 amide bonds. The summed E-state index contributed by atoms with van der Waals surface area (Å²) in [6, 6.07) is 5.80. The van der Waals surface area contributed by atoms with Crippen molar-refractivity contribution in [1.29, 1.82) is 0 Å². The van der Waals surface area contributed by atoms with Crippen LogP contribution in [0.15, 0.2) is 36.4 Å². The Bertz CT molecular complexity index is 527. The van der Waals surface area contributed by atoms with E-state index in [1.165, 1.54) is 6.07 Å². The van der Waals surface area contributed by atoms with Crippen LogP contribution in [-0.4, -0.2) is 23.0 Å². The number of nitrogens with one attached hydrogen (secondary N) is 1. The predicted octanol–water partition coefficient (Wildman–Crippen LogP) is 1.51. The highest BCUT2D eigenvalue weighted by Gasteiger charge is 2.25. The minimum atomic E-state index is -0.901. The average Bonchev–Trinajstić information content (AvgIpc) is 2.80. The molecule has 4 nitrogen and oxygen atoms in total. The Labute approximate surface area is 109 Å². The Hall–Kier alpha value is -2.17. The van der Waals surface area contributed by atoms with Crippen LogP contribution in [0.3, 0.4) is 0 Å². The number of hydrogen-bond donors (Lipinski definition) is 2. The second-order valence-electron chi connectivity index (χ2n) is 4.51. The van der Waals surface area contributed by atoms with Crippen molar-refractivity contribution in [2.24, 2.45) is 5.92 Å². The van der Waals surface area contributed by atoms with E-state index in [4.69, 9.17) is 5.11 Å². The zero-order chi connectivity index (χ0) is 13.8. The van der Waals surface area contributed by atoms with Gasteiger partial charge in [0.15, 0.2) is 0 Å². The highest BCUT2D eigenvalue weighted by Crippen LogP contribution is 2.18. The highest BCUT2D eigenvalue weighted by atomic mass is 19.1. The number of carboxylic acid groups (broad SMARTS) is 1. The van der Waals surface area contributed by atoms with Gasteiger partial charge in [-0.15, -0.1) is 0 Å². The summed E-state index contributed by atoms with van der Waals surface area (Å²) >= 11 is 0. The monoisotopic (exact) mass is 263 g/mol. The largest absolute Gasteiger partial charge is 0.481 e. The van der Waals surface area contributed by atoms with Gasteiger partial charge in [0.1, 0.15) is 5.82 Å². The number of carbonyl (C=O) groups excluding carboxylic acids is 1. The SMILES string of the molecule is O=C(Cc1ccccc1F)NC1C=CC(C(=O)O)C1. The maximum atomic E-state index is 13.4. The van der Waals surface area contributed by atoms with Gasteiger partial charge in [0.05, 0.1) is 12.3 Å². The summed E-state index contributed by atoms with van der Waals surface area (Å²) in [5.74, 6) is -2.19. The van der Waals surface area contributed by atoms with Crippen LogP contribution < -0.4 is 5.32 Å². The van der Waals surface area contributed by atoms with Crippen LogP contribution in [0.5, 0.6) is 0 Å². The van der Waals surface area contributed by atoms with Gasteiger partial charge in [-0.1, -0.05) is 30.4 Å². The summed E-state index contributed by atoms with van der Waals surface area (Å²) in [4.78, 5) is 22.5. The number of amides is 1. The Morgan fingerprint density at radius 3 is 2.68 bits per heavy atom. The van der Waals surface area contributed by atoms with Gasteiger partial charge >= 0.3 is 5.97 Å². The molecule has 0 heterocycles. The van der Waals surface area contributed by atoms with Gasteiger partial charge in [0.2, 0.25) is 5.91 Å². The number of aliphatic carboxylic acids is 1. The van der Waals surface area contributed by atoms with E-state index >= 15 is 0 Å². The molecule has 2 rings (SSSR count). The molecule has 0 aromatic heterocycles. The fourth-order valence-corrected chi connectivity index (χ4v) is 2.06. The fourth-order valence-electron chi connectivity index (χ4n) is 2.06. The van der Waals surface area contributed by atoms with Gasteiger partial charge in [-0.3, -0.25) is 9.59 Å². The van der Waals surface area contributed by atoms with Crippen molar-refractivity contribution >= 4 is 11.9 Å². The first-order chi connectivity index (χ1) is 9.06. The van der Waals surface area contributed by atoms with Crippen molar-refractivity contribution < 1.29 is 19.1 Å². The van der Waals surface area contributed by atoms with E-state index in [-0.39, 0.29) is 18.4 Å². The van der Waals surface area contributed by atoms with Gasteiger partial charge in [-0.25, -0.2) is 4.39 Å². The molecule has 0 fully saturated rings. The third-order valence-electron chi connectivity index (χ3n) is 3.06.